The van der Waals surface area contributed by atoms with Crippen LogP contribution < -0.4 is 10.2 Å². The van der Waals surface area contributed by atoms with Crippen LogP contribution in [-0.4, -0.2) is 44.3 Å². The number of carbonyl (C=O) groups is 1. The molecule has 0 aliphatic carbocycles. The number of tetrazole rings is 1. The van der Waals surface area contributed by atoms with E-state index in [4.69, 9.17) is 0 Å². The topological polar surface area (TPSA) is 98.1 Å². The molecule has 3 aromatic rings. The minimum Gasteiger partial charge on any atom is -0.468 e. The quantitative estimate of drug-likeness (QED) is 0.245. The molecule has 0 bridgehead atoms. The first-order valence-electron chi connectivity index (χ1n) is 12.7. The fourth-order valence-corrected chi connectivity index (χ4v) is 4.30. The Morgan fingerprint density at radius 2 is 1.63 bits per heavy atom. The summed E-state index contributed by atoms with van der Waals surface area (Å²) in [5, 5.41) is 14.6. The molecule has 9 nitrogen and oxygen atoms in total. The van der Waals surface area contributed by atoms with Gasteiger partial charge in [-0.1, -0.05) is 12.0 Å². The molecule has 3 heterocycles. The molecule has 1 aliphatic rings. The van der Waals surface area contributed by atoms with E-state index in [1.54, 1.807) is 6.92 Å². The zero-order chi connectivity index (χ0) is 32.2. The highest BCUT2D eigenvalue weighted by atomic mass is 19.4. The molecule has 1 N–H and O–H groups in total. The fourth-order valence-electron chi connectivity index (χ4n) is 4.30. The van der Waals surface area contributed by atoms with Crippen molar-refractivity contribution in [2.24, 2.45) is 7.05 Å². The zero-order valence-electron chi connectivity index (χ0n) is 22.8. The van der Waals surface area contributed by atoms with E-state index in [-0.39, 0.29) is 35.9 Å². The smallest absolute Gasteiger partial charge is 0.433 e. The number of carbonyl (C=O) groups excluding carboxylic acids is 1. The Hall–Kier alpha value is -4.12. The van der Waals surface area contributed by atoms with E-state index in [9.17, 15) is 44.3 Å². The van der Waals surface area contributed by atoms with Crippen LogP contribution in [0, 0.1) is 0 Å². The number of hydrogen-bond acceptors (Lipinski definition) is 8. The summed E-state index contributed by atoms with van der Waals surface area (Å²) in [6.45, 7) is 3.87. The number of aromatic nitrogens is 5. The number of pyridine rings is 1. The van der Waals surface area contributed by atoms with Crippen molar-refractivity contribution in [3.05, 3.63) is 58.4 Å². The largest absolute Gasteiger partial charge is 0.468 e. The van der Waals surface area contributed by atoms with Crippen molar-refractivity contribution in [1.29, 1.82) is 0 Å². The monoisotopic (exact) mass is 627 g/mol. The van der Waals surface area contributed by atoms with Gasteiger partial charge in [0.25, 0.3) is 12.4 Å². The number of benzene rings is 1. The Labute approximate surface area is 239 Å². The highest BCUT2D eigenvalue weighted by Gasteiger charge is 2.40. The Kier molecular flexibility index (Phi) is 10.1. The maximum absolute atomic E-state index is 13.5. The molecule has 18 heteroatoms. The van der Waals surface area contributed by atoms with Crippen LogP contribution in [0.5, 0.6) is 0 Å². The molecular weight excluding hydrogens is 601 g/mol. The number of aryl methyl sites for hydroxylation is 1. The fraction of sp³-hybridized carbons (Fsp3) is 0.480. The van der Waals surface area contributed by atoms with Gasteiger partial charge in [0.05, 0.1) is 42.2 Å². The minimum absolute atomic E-state index is 0.00147. The third-order valence-corrected chi connectivity index (χ3v) is 6.26. The average Bonchev–Trinajstić information content (AvgIpc) is 3.35. The first-order chi connectivity index (χ1) is 20.0. The molecular formula is C25H26F9N7O2. The van der Waals surface area contributed by atoms with E-state index >= 15 is 0 Å². The molecule has 0 unspecified atom stereocenters. The van der Waals surface area contributed by atoms with Gasteiger partial charge in [0.15, 0.2) is 0 Å². The molecule has 0 saturated carbocycles. The van der Waals surface area contributed by atoms with E-state index in [0.29, 0.717) is 31.6 Å². The summed E-state index contributed by atoms with van der Waals surface area (Å²) in [4.78, 5) is 15.2. The number of anilines is 2. The molecule has 0 radical (unpaired) electrons. The normalized spacial score (nSPS) is 16.8. The maximum atomic E-state index is 13.5. The number of halogens is 9. The molecule has 0 saturated heterocycles. The second-order valence-electron chi connectivity index (χ2n) is 9.30. The number of ether oxygens (including phenoxy) is 1. The van der Waals surface area contributed by atoms with Gasteiger partial charge in [-0.25, -0.2) is 4.98 Å². The van der Waals surface area contributed by atoms with Crippen molar-refractivity contribution in [2.75, 3.05) is 16.8 Å². The predicted octanol–water partition coefficient (Wildman–Crippen LogP) is 6.18. The van der Waals surface area contributed by atoms with Gasteiger partial charge in [0, 0.05) is 12.6 Å². The zero-order valence-corrected chi connectivity index (χ0v) is 22.8. The third kappa shape index (κ3) is 8.47. The SMILES string of the molecule is CCOC=O.CC[C@@H]1C[C@H](N(Cc2cc(C(F)(F)F)cc(C(F)(F)F)c2)c2nnn(C)n2)c2nc(C(F)(F)F)ccc2N1. The van der Waals surface area contributed by atoms with Gasteiger partial charge in [0.2, 0.25) is 0 Å². The number of fused-ring (bicyclic) bond motifs is 1. The van der Waals surface area contributed by atoms with Crippen molar-refractivity contribution in [3.8, 4) is 0 Å². The number of hydrogen-bond donors (Lipinski definition) is 1. The summed E-state index contributed by atoms with van der Waals surface area (Å²) in [5.74, 6) is -0.203. The van der Waals surface area contributed by atoms with Gasteiger partial charge in [-0.15, -0.1) is 5.10 Å². The van der Waals surface area contributed by atoms with Crippen LogP contribution in [0.15, 0.2) is 30.3 Å². The first-order valence-corrected chi connectivity index (χ1v) is 12.7. The average molecular weight is 628 g/mol. The molecule has 43 heavy (non-hydrogen) atoms. The number of alkyl halides is 9. The molecule has 0 amide bonds. The molecule has 2 aromatic heterocycles. The Balaban J connectivity index is 0.000000934. The highest BCUT2D eigenvalue weighted by Crippen LogP contribution is 2.42. The van der Waals surface area contributed by atoms with E-state index < -0.39 is 53.5 Å². The van der Waals surface area contributed by atoms with Gasteiger partial charge >= 0.3 is 18.5 Å². The Morgan fingerprint density at radius 1 is 1.00 bits per heavy atom. The molecule has 236 valence electrons. The van der Waals surface area contributed by atoms with Crippen molar-refractivity contribution in [1.82, 2.24) is 25.2 Å². The number of nitrogens with one attached hydrogen (secondary N) is 1. The predicted molar refractivity (Wildman–Crippen MR) is 133 cm³/mol. The maximum Gasteiger partial charge on any atom is 0.433 e. The number of nitrogens with zero attached hydrogens (tertiary/aromatic N) is 6. The summed E-state index contributed by atoms with van der Waals surface area (Å²) in [7, 11) is 1.38. The lowest BCUT2D eigenvalue weighted by atomic mass is 9.93. The molecule has 4 rings (SSSR count). The summed E-state index contributed by atoms with van der Waals surface area (Å²) >= 11 is 0. The van der Waals surface area contributed by atoms with Crippen LogP contribution >= 0.6 is 0 Å². The Bertz CT molecular complexity index is 1360. The second-order valence-corrected chi connectivity index (χ2v) is 9.30. The van der Waals surface area contributed by atoms with E-state index in [1.165, 1.54) is 18.0 Å². The lowest BCUT2D eigenvalue weighted by Crippen LogP contribution is -2.39. The van der Waals surface area contributed by atoms with Crippen LogP contribution in [-0.2, 0) is 41.7 Å². The molecule has 2 atom stereocenters. The number of rotatable bonds is 7. The first kappa shape index (κ1) is 33.4. The third-order valence-electron chi connectivity index (χ3n) is 6.26. The lowest BCUT2D eigenvalue weighted by molar-refractivity contribution is -0.143. The minimum atomic E-state index is -5.08. The van der Waals surface area contributed by atoms with Crippen LogP contribution in [0.1, 0.15) is 60.8 Å². The van der Waals surface area contributed by atoms with Gasteiger partial charge < -0.3 is 15.0 Å². The van der Waals surface area contributed by atoms with E-state index in [1.807, 2.05) is 6.92 Å². The summed E-state index contributed by atoms with van der Waals surface area (Å²) in [5.41, 5.74) is -4.51. The molecule has 1 aromatic carbocycles. The summed E-state index contributed by atoms with van der Waals surface area (Å²) in [6, 6.07) is 1.75. The van der Waals surface area contributed by atoms with Gasteiger partial charge in [-0.3, -0.25) is 4.79 Å². The van der Waals surface area contributed by atoms with E-state index in [2.05, 4.69) is 30.4 Å². The highest BCUT2D eigenvalue weighted by molar-refractivity contribution is 5.56. The lowest BCUT2D eigenvalue weighted by Gasteiger charge is -2.38. The summed E-state index contributed by atoms with van der Waals surface area (Å²) in [6.07, 6.45) is -14.3. The van der Waals surface area contributed by atoms with Crippen LogP contribution in [0.3, 0.4) is 0 Å². The van der Waals surface area contributed by atoms with Crippen LogP contribution in [0.4, 0.5) is 51.1 Å². The van der Waals surface area contributed by atoms with Gasteiger partial charge in [-0.2, -0.15) is 44.3 Å². The van der Waals surface area contributed by atoms with Gasteiger partial charge in [-0.05, 0) is 60.9 Å². The molecule has 1 aliphatic heterocycles. The van der Waals surface area contributed by atoms with Crippen LogP contribution in [0.2, 0.25) is 0 Å². The van der Waals surface area contributed by atoms with Gasteiger partial charge in [0.1, 0.15) is 5.69 Å². The second kappa shape index (κ2) is 13.0. The molecule has 0 fully saturated rings. The van der Waals surface area contributed by atoms with Crippen molar-refractivity contribution in [3.63, 3.8) is 0 Å². The van der Waals surface area contributed by atoms with Crippen molar-refractivity contribution < 1.29 is 49.0 Å². The van der Waals surface area contributed by atoms with Crippen LogP contribution in [0.25, 0.3) is 0 Å². The van der Waals surface area contributed by atoms with Crippen molar-refractivity contribution in [2.45, 2.75) is 63.8 Å². The molecule has 0 spiro atoms. The standard InChI is InChI=1S/C22H20F9N7.C3H6O2/c1-3-14-9-16(18-15(32-14)4-5-17(33-18)22(29,30)31)38(19-34-36-37(2)35-19)10-11-6-12(20(23,24)25)8-13(7-11)21(26,27)28;1-2-5-3-4/h4-8,14,16,32H,3,9-10H2,1-2H3;3H,2H2,1H3/t14-,16+;/m1./s1. The summed E-state index contributed by atoms with van der Waals surface area (Å²) < 4.78 is 125. The Morgan fingerprint density at radius 3 is 2.07 bits per heavy atom. The van der Waals surface area contributed by atoms with E-state index in [0.717, 1.165) is 10.9 Å². The van der Waals surface area contributed by atoms with Crippen molar-refractivity contribution >= 4 is 18.1 Å².